The molecule has 0 rings (SSSR count). The highest BCUT2D eigenvalue weighted by molar-refractivity contribution is 5.70. The smallest absolute Gasteiger partial charge is 0.306 e. The van der Waals surface area contributed by atoms with E-state index in [9.17, 15) is 9.59 Å². The van der Waals surface area contributed by atoms with E-state index >= 15 is 0 Å². The van der Waals surface area contributed by atoms with Crippen molar-refractivity contribution in [1.82, 2.24) is 0 Å². The summed E-state index contributed by atoms with van der Waals surface area (Å²) in [6.07, 6.45) is 75.0. The molecule has 0 aliphatic rings. The SMILES string of the molecule is CC/C=C\C/C=C\C/C=C\C/C=C\C/C=C\CCCCCC(=O)OCC(COCCCCCCCCCCCCCC)OC(=O)CCC/C=C\C/C=C\C/C=C\C/C=C\C/C=C\CC. The average molecular weight is 885 g/mol. The van der Waals surface area contributed by atoms with Crippen LogP contribution in [-0.4, -0.2) is 37.9 Å². The molecule has 362 valence electrons. The van der Waals surface area contributed by atoms with E-state index in [0.717, 1.165) is 116 Å². The van der Waals surface area contributed by atoms with Gasteiger partial charge in [-0.2, -0.15) is 0 Å². The second-order valence-electron chi connectivity index (χ2n) is 16.7. The largest absolute Gasteiger partial charge is 0.462 e. The zero-order valence-electron chi connectivity index (χ0n) is 41.5. The summed E-state index contributed by atoms with van der Waals surface area (Å²) >= 11 is 0. The third kappa shape index (κ3) is 50.9. The van der Waals surface area contributed by atoms with Gasteiger partial charge in [-0.3, -0.25) is 9.59 Å². The van der Waals surface area contributed by atoms with Crippen LogP contribution in [0.2, 0.25) is 0 Å². The lowest BCUT2D eigenvalue weighted by Crippen LogP contribution is -2.30. The summed E-state index contributed by atoms with van der Waals surface area (Å²) < 4.78 is 17.3. The van der Waals surface area contributed by atoms with E-state index in [4.69, 9.17) is 14.2 Å². The van der Waals surface area contributed by atoms with Crippen LogP contribution in [0.1, 0.15) is 213 Å². The number of hydrogen-bond donors (Lipinski definition) is 0. The molecule has 0 aliphatic heterocycles. The molecule has 0 heterocycles. The summed E-state index contributed by atoms with van der Waals surface area (Å²) in [7, 11) is 0. The summed E-state index contributed by atoms with van der Waals surface area (Å²) in [5, 5.41) is 0. The fourth-order valence-electron chi connectivity index (χ4n) is 6.69. The zero-order chi connectivity index (χ0) is 46.3. The van der Waals surface area contributed by atoms with Gasteiger partial charge in [0, 0.05) is 19.4 Å². The molecular weight excluding hydrogens is 789 g/mol. The quantitative estimate of drug-likeness (QED) is 0.0346. The molecule has 0 bridgehead atoms. The Morgan fingerprint density at radius 2 is 0.719 bits per heavy atom. The van der Waals surface area contributed by atoms with Crippen LogP contribution in [0, 0.1) is 0 Å². The molecule has 0 fully saturated rings. The summed E-state index contributed by atoms with van der Waals surface area (Å²) in [6, 6.07) is 0. The van der Waals surface area contributed by atoms with Gasteiger partial charge in [-0.25, -0.2) is 0 Å². The third-order valence-electron chi connectivity index (χ3n) is 10.5. The lowest BCUT2D eigenvalue weighted by Gasteiger charge is -2.18. The lowest BCUT2D eigenvalue weighted by atomic mass is 10.1. The van der Waals surface area contributed by atoms with Crippen LogP contribution < -0.4 is 0 Å². The predicted molar refractivity (Wildman–Crippen MR) is 279 cm³/mol. The van der Waals surface area contributed by atoms with E-state index < -0.39 is 6.10 Å². The minimum absolute atomic E-state index is 0.0395. The van der Waals surface area contributed by atoms with Crippen molar-refractivity contribution in [1.29, 1.82) is 0 Å². The monoisotopic (exact) mass is 885 g/mol. The fraction of sp³-hybridized carbons (Fsp3) is 0.627. The van der Waals surface area contributed by atoms with E-state index in [1.54, 1.807) is 0 Å². The van der Waals surface area contributed by atoms with Crippen LogP contribution in [0.5, 0.6) is 0 Å². The number of unbranched alkanes of at least 4 members (excludes halogenated alkanes) is 15. The maximum absolute atomic E-state index is 12.8. The molecule has 64 heavy (non-hydrogen) atoms. The molecule has 0 aromatic heterocycles. The molecule has 5 nitrogen and oxygen atoms in total. The van der Waals surface area contributed by atoms with E-state index in [1.165, 1.54) is 64.2 Å². The molecule has 0 aliphatic carbocycles. The minimum Gasteiger partial charge on any atom is -0.462 e. The molecule has 0 saturated carbocycles. The topological polar surface area (TPSA) is 61.8 Å². The van der Waals surface area contributed by atoms with Gasteiger partial charge in [-0.1, -0.05) is 219 Å². The maximum Gasteiger partial charge on any atom is 0.306 e. The van der Waals surface area contributed by atoms with E-state index in [-0.39, 0.29) is 25.2 Å². The molecule has 5 heteroatoms. The van der Waals surface area contributed by atoms with Gasteiger partial charge in [0.25, 0.3) is 0 Å². The molecule has 0 spiro atoms. The Kier molecular flexibility index (Phi) is 50.5. The molecule has 0 radical (unpaired) electrons. The normalized spacial score (nSPS) is 13.2. The van der Waals surface area contributed by atoms with Crippen LogP contribution in [0.25, 0.3) is 0 Å². The van der Waals surface area contributed by atoms with Crippen molar-refractivity contribution in [2.24, 2.45) is 0 Å². The first-order chi connectivity index (χ1) is 31.6. The molecule has 0 N–H and O–H groups in total. The highest BCUT2D eigenvalue weighted by Crippen LogP contribution is 2.13. The Bertz CT molecular complexity index is 1320. The standard InChI is InChI=1S/C59H96O5/c1-4-7-10-13-16-19-22-25-27-29-30-32-33-35-37-40-43-46-49-52-58(60)63-56-57(55-62-54-51-48-45-42-39-24-21-18-15-12-9-6-3)64-59(61)53-50-47-44-41-38-36-34-31-28-26-23-20-17-14-11-8-5-2/h7-8,10-11,16-17,19-20,25-28,30,32,34-37,41,44,57H,4-6,9,12-15,18,21-24,29,31,33,38-40,42-43,45-56H2,1-3H3/b10-7-,11-8-,19-16-,20-17-,27-25-,28-26-,32-30-,36-34-,37-35-,44-41-. The zero-order valence-corrected chi connectivity index (χ0v) is 41.5. The molecular formula is C59H96O5. The van der Waals surface area contributed by atoms with Crippen molar-refractivity contribution in [2.75, 3.05) is 19.8 Å². The average Bonchev–Trinajstić information content (AvgIpc) is 3.30. The molecule has 1 atom stereocenters. The van der Waals surface area contributed by atoms with Gasteiger partial charge in [-0.05, 0) is 103 Å². The number of rotatable bonds is 46. The highest BCUT2D eigenvalue weighted by Gasteiger charge is 2.17. The third-order valence-corrected chi connectivity index (χ3v) is 10.5. The van der Waals surface area contributed by atoms with Crippen LogP contribution >= 0.6 is 0 Å². The van der Waals surface area contributed by atoms with Gasteiger partial charge < -0.3 is 14.2 Å². The summed E-state index contributed by atoms with van der Waals surface area (Å²) in [5.74, 6) is -0.507. The second-order valence-corrected chi connectivity index (χ2v) is 16.7. The Hall–Kier alpha value is -3.70. The van der Waals surface area contributed by atoms with Crippen molar-refractivity contribution in [3.05, 3.63) is 122 Å². The van der Waals surface area contributed by atoms with Crippen molar-refractivity contribution in [2.45, 2.75) is 219 Å². The molecule has 0 aromatic carbocycles. The van der Waals surface area contributed by atoms with Gasteiger partial charge in [0.2, 0.25) is 0 Å². The number of hydrogen-bond acceptors (Lipinski definition) is 5. The Labute approximate surface area is 395 Å². The Morgan fingerprint density at radius 3 is 1.16 bits per heavy atom. The first-order valence-corrected chi connectivity index (χ1v) is 26.1. The van der Waals surface area contributed by atoms with Crippen molar-refractivity contribution >= 4 is 11.9 Å². The fourth-order valence-corrected chi connectivity index (χ4v) is 6.69. The van der Waals surface area contributed by atoms with Crippen molar-refractivity contribution in [3.63, 3.8) is 0 Å². The number of allylic oxidation sites excluding steroid dienone is 20. The second kappa shape index (κ2) is 53.6. The van der Waals surface area contributed by atoms with E-state index in [1.807, 2.05) is 0 Å². The highest BCUT2D eigenvalue weighted by atomic mass is 16.6. The Balaban J connectivity index is 4.43. The minimum atomic E-state index is -0.585. The number of ether oxygens (including phenoxy) is 3. The van der Waals surface area contributed by atoms with Gasteiger partial charge in [0.1, 0.15) is 6.61 Å². The maximum atomic E-state index is 12.8. The van der Waals surface area contributed by atoms with Crippen LogP contribution in [0.3, 0.4) is 0 Å². The van der Waals surface area contributed by atoms with Crippen LogP contribution in [0.4, 0.5) is 0 Å². The summed E-state index contributed by atoms with van der Waals surface area (Å²) in [6.45, 7) is 7.49. The van der Waals surface area contributed by atoms with Gasteiger partial charge in [0.05, 0.1) is 6.61 Å². The van der Waals surface area contributed by atoms with Crippen LogP contribution in [0.15, 0.2) is 122 Å². The van der Waals surface area contributed by atoms with Crippen molar-refractivity contribution in [3.8, 4) is 0 Å². The molecule has 0 aromatic rings. The first kappa shape index (κ1) is 60.3. The molecule has 0 saturated heterocycles. The summed E-state index contributed by atoms with van der Waals surface area (Å²) in [4.78, 5) is 25.4. The molecule has 1 unspecified atom stereocenters. The number of carbonyl (C=O) groups is 2. The van der Waals surface area contributed by atoms with E-state index in [0.29, 0.717) is 19.4 Å². The van der Waals surface area contributed by atoms with E-state index in [2.05, 4.69) is 142 Å². The predicted octanol–water partition coefficient (Wildman–Crippen LogP) is 17.8. The number of carbonyl (C=O) groups excluding carboxylic acids is 2. The number of esters is 2. The van der Waals surface area contributed by atoms with Gasteiger partial charge >= 0.3 is 11.9 Å². The van der Waals surface area contributed by atoms with Crippen molar-refractivity contribution < 1.29 is 23.8 Å². The molecule has 0 amide bonds. The lowest BCUT2D eigenvalue weighted by molar-refractivity contribution is -0.162. The Morgan fingerprint density at radius 1 is 0.359 bits per heavy atom. The first-order valence-electron chi connectivity index (χ1n) is 26.1. The van der Waals surface area contributed by atoms with Gasteiger partial charge in [-0.15, -0.1) is 0 Å². The summed E-state index contributed by atoms with van der Waals surface area (Å²) in [5.41, 5.74) is 0. The van der Waals surface area contributed by atoms with Gasteiger partial charge in [0.15, 0.2) is 6.10 Å². The van der Waals surface area contributed by atoms with Crippen LogP contribution in [-0.2, 0) is 23.8 Å².